The van der Waals surface area contributed by atoms with Crippen LogP contribution in [0.15, 0.2) is 12.1 Å². The molecule has 0 saturated heterocycles. The summed E-state index contributed by atoms with van der Waals surface area (Å²) in [6, 6.07) is 3.43. The fourth-order valence-electron chi connectivity index (χ4n) is 2.69. The highest BCUT2D eigenvalue weighted by molar-refractivity contribution is 5.60. The summed E-state index contributed by atoms with van der Waals surface area (Å²) in [7, 11) is 0. The number of pyridine rings is 1. The first kappa shape index (κ1) is 14.6. The Morgan fingerprint density at radius 2 is 2.15 bits per heavy atom. The van der Waals surface area contributed by atoms with Crippen molar-refractivity contribution in [3.63, 3.8) is 0 Å². The lowest BCUT2D eigenvalue weighted by molar-refractivity contribution is -0.384. The molecule has 20 heavy (non-hydrogen) atoms. The van der Waals surface area contributed by atoms with Crippen molar-refractivity contribution in [2.75, 3.05) is 17.2 Å². The van der Waals surface area contributed by atoms with Gasteiger partial charge in [0.2, 0.25) is 5.82 Å². The van der Waals surface area contributed by atoms with E-state index in [1.165, 1.54) is 25.3 Å². The van der Waals surface area contributed by atoms with Gasteiger partial charge in [-0.15, -0.1) is 0 Å². The van der Waals surface area contributed by atoms with Crippen molar-refractivity contribution in [3.8, 4) is 0 Å². The third-order valence-corrected chi connectivity index (χ3v) is 3.86. The van der Waals surface area contributed by atoms with Crippen molar-refractivity contribution in [2.24, 2.45) is 5.92 Å². The van der Waals surface area contributed by atoms with Crippen LogP contribution in [0.5, 0.6) is 0 Å². The zero-order chi connectivity index (χ0) is 14.5. The summed E-state index contributed by atoms with van der Waals surface area (Å²) in [5.41, 5.74) is 0.0458. The predicted octanol–water partition coefficient (Wildman–Crippen LogP) is 3.41. The SMILES string of the molecule is CCNc1ccc([N+](=O)[O-])c(NC2CCCCC2C)n1. The van der Waals surface area contributed by atoms with Crippen LogP contribution in [0.3, 0.4) is 0 Å². The normalized spacial score (nSPS) is 22.3. The van der Waals surface area contributed by atoms with Crippen molar-refractivity contribution in [2.45, 2.75) is 45.6 Å². The van der Waals surface area contributed by atoms with Gasteiger partial charge < -0.3 is 10.6 Å². The Balaban J connectivity index is 2.22. The summed E-state index contributed by atoms with van der Waals surface area (Å²) >= 11 is 0. The second-order valence-electron chi connectivity index (χ2n) is 5.36. The van der Waals surface area contributed by atoms with E-state index in [2.05, 4.69) is 22.5 Å². The molecule has 1 aromatic heterocycles. The van der Waals surface area contributed by atoms with Crippen molar-refractivity contribution in [1.29, 1.82) is 0 Å². The van der Waals surface area contributed by atoms with Crippen LogP contribution in [0.25, 0.3) is 0 Å². The van der Waals surface area contributed by atoms with E-state index in [0.29, 0.717) is 17.6 Å². The number of rotatable bonds is 5. The monoisotopic (exact) mass is 278 g/mol. The topological polar surface area (TPSA) is 80.1 Å². The molecule has 0 radical (unpaired) electrons. The molecule has 0 bridgehead atoms. The van der Waals surface area contributed by atoms with Gasteiger partial charge in [-0.25, -0.2) is 4.98 Å². The fraction of sp³-hybridized carbons (Fsp3) is 0.643. The van der Waals surface area contributed by atoms with Gasteiger partial charge in [0.1, 0.15) is 5.82 Å². The van der Waals surface area contributed by atoms with E-state index in [9.17, 15) is 10.1 Å². The van der Waals surface area contributed by atoms with Gasteiger partial charge in [-0.1, -0.05) is 19.8 Å². The summed E-state index contributed by atoms with van der Waals surface area (Å²) in [5.74, 6) is 1.57. The summed E-state index contributed by atoms with van der Waals surface area (Å²) in [6.45, 7) is 4.90. The van der Waals surface area contributed by atoms with Crippen LogP contribution < -0.4 is 10.6 Å². The van der Waals surface area contributed by atoms with Gasteiger partial charge in [0, 0.05) is 18.7 Å². The number of hydrogen-bond donors (Lipinski definition) is 2. The van der Waals surface area contributed by atoms with Crippen LogP contribution in [-0.2, 0) is 0 Å². The van der Waals surface area contributed by atoms with Crippen LogP contribution in [0, 0.1) is 16.0 Å². The average Bonchev–Trinajstić information content (AvgIpc) is 2.42. The van der Waals surface area contributed by atoms with E-state index in [1.807, 2.05) is 6.92 Å². The molecule has 0 aromatic carbocycles. The maximum atomic E-state index is 11.1. The van der Waals surface area contributed by atoms with Crippen LogP contribution in [0.4, 0.5) is 17.3 Å². The highest BCUT2D eigenvalue weighted by Crippen LogP contribution is 2.30. The first-order valence-electron chi connectivity index (χ1n) is 7.27. The van der Waals surface area contributed by atoms with Crippen molar-refractivity contribution in [3.05, 3.63) is 22.2 Å². The zero-order valence-corrected chi connectivity index (χ0v) is 12.1. The van der Waals surface area contributed by atoms with Crippen LogP contribution in [-0.4, -0.2) is 22.5 Å². The van der Waals surface area contributed by atoms with Gasteiger partial charge in [0.05, 0.1) is 4.92 Å². The molecule has 0 amide bonds. The Morgan fingerprint density at radius 1 is 1.40 bits per heavy atom. The molecule has 0 spiro atoms. The van der Waals surface area contributed by atoms with Crippen LogP contribution in [0.1, 0.15) is 39.5 Å². The summed E-state index contributed by atoms with van der Waals surface area (Å²) in [5, 5.41) is 17.5. The zero-order valence-electron chi connectivity index (χ0n) is 12.1. The highest BCUT2D eigenvalue weighted by Gasteiger charge is 2.25. The van der Waals surface area contributed by atoms with Gasteiger partial charge >= 0.3 is 5.69 Å². The number of hydrogen-bond acceptors (Lipinski definition) is 5. The number of nitro groups is 1. The molecule has 2 unspecified atom stereocenters. The van der Waals surface area contributed by atoms with Crippen LogP contribution in [0.2, 0.25) is 0 Å². The summed E-state index contributed by atoms with van der Waals surface area (Å²) < 4.78 is 0. The van der Waals surface area contributed by atoms with Gasteiger partial charge in [-0.05, 0) is 31.7 Å². The molecule has 1 aromatic rings. The molecular weight excluding hydrogens is 256 g/mol. The van der Waals surface area contributed by atoms with Crippen molar-refractivity contribution in [1.82, 2.24) is 4.98 Å². The Morgan fingerprint density at radius 3 is 2.80 bits per heavy atom. The van der Waals surface area contributed by atoms with E-state index in [1.54, 1.807) is 6.07 Å². The Labute approximate surface area is 119 Å². The number of nitrogens with zero attached hydrogens (tertiary/aromatic N) is 2. The molecule has 2 N–H and O–H groups in total. The Bertz CT molecular complexity index is 478. The van der Waals surface area contributed by atoms with E-state index < -0.39 is 0 Å². The van der Waals surface area contributed by atoms with E-state index >= 15 is 0 Å². The van der Waals surface area contributed by atoms with Gasteiger partial charge in [-0.2, -0.15) is 0 Å². The summed E-state index contributed by atoms with van der Waals surface area (Å²) in [4.78, 5) is 15.1. The molecule has 1 saturated carbocycles. The van der Waals surface area contributed by atoms with Crippen molar-refractivity contribution < 1.29 is 4.92 Å². The first-order valence-corrected chi connectivity index (χ1v) is 7.27. The van der Waals surface area contributed by atoms with Gasteiger partial charge in [-0.3, -0.25) is 10.1 Å². The van der Waals surface area contributed by atoms with E-state index in [-0.39, 0.29) is 16.7 Å². The molecule has 2 atom stereocenters. The molecular formula is C14H22N4O2. The minimum atomic E-state index is -0.376. The third kappa shape index (κ3) is 3.37. The highest BCUT2D eigenvalue weighted by atomic mass is 16.6. The quantitative estimate of drug-likeness (QED) is 0.637. The van der Waals surface area contributed by atoms with Gasteiger partial charge in [0.15, 0.2) is 0 Å². The molecule has 1 fully saturated rings. The predicted molar refractivity (Wildman–Crippen MR) is 80.1 cm³/mol. The second-order valence-corrected chi connectivity index (χ2v) is 5.36. The average molecular weight is 278 g/mol. The maximum Gasteiger partial charge on any atom is 0.311 e. The number of aromatic nitrogens is 1. The third-order valence-electron chi connectivity index (χ3n) is 3.86. The molecule has 110 valence electrons. The molecule has 2 rings (SSSR count). The number of anilines is 2. The largest absolute Gasteiger partial charge is 0.370 e. The molecule has 1 aliphatic rings. The maximum absolute atomic E-state index is 11.1. The van der Waals surface area contributed by atoms with E-state index in [4.69, 9.17) is 0 Å². The lowest BCUT2D eigenvalue weighted by atomic mass is 9.86. The van der Waals surface area contributed by atoms with Crippen LogP contribution >= 0.6 is 0 Å². The Hall–Kier alpha value is -1.85. The minimum Gasteiger partial charge on any atom is -0.370 e. The van der Waals surface area contributed by atoms with Gasteiger partial charge in [0.25, 0.3) is 0 Å². The van der Waals surface area contributed by atoms with E-state index in [0.717, 1.165) is 13.0 Å². The minimum absolute atomic E-state index is 0.0458. The molecule has 0 aliphatic heterocycles. The smallest absolute Gasteiger partial charge is 0.311 e. The molecule has 6 nitrogen and oxygen atoms in total. The first-order chi connectivity index (χ1) is 9.61. The standard InChI is InChI=1S/C14H22N4O2/c1-3-15-13-9-8-12(18(19)20)14(17-13)16-11-7-5-4-6-10(11)2/h8-11H,3-7H2,1-2H3,(H2,15,16,17). The lowest BCUT2D eigenvalue weighted by Crippen LogP contribution is -2.31. The lowest BCUT2D eigenvalue weighted by Gasteiger charge is -2.29. The molecule has 1 heterocycles. The fourth-order valence-corrected chi connectivity index (χ4v) is 2.69. The summed E-state index contributed by atoms with van der Waals surface area (Å²) in [6.07, 6.45) is 4.62. The molecule has 1 aliphatic carbocycles. The van der Waals surface area contributed by atoms with Crippen molar-refractivity contribution >= 4 is 17.3 Å². The number of nitrogens with one attached hydrogen (secondary N) is 2. The molecule has 6 heteroatoms. The second kappa shape index (κ2) is 6.54. The Kier molecular flexibility index (Phi) is 4.76.